The lowest BCUT2D eigenvalue weighted by molar-refractivity contribution is -0.114. The van der Waals surface area contributed by atoms with Crippen molar-refractivity contribution in [3.8, 4) is 5.75 Å². The number of nitrogens with one attached hydrogen (secondary N) is 2. The van der Waals surface area contributed by atoms with E-state index >= 15 is 0 Å². The zero-order valence-electron chi connectivity index (χ0n) is 14.1. The standard InChI is InChI=1S/C19H24N2O2/c1-13(2)23-18-8-6-5-7-17(18)20-12-19(22)21-16-10-14(3)9-15(4)11-16/h5-11,13,20H,12H2,1-4H3,(H,21,22). The first-order chi connectivity index (χ1) is 10.9. The van der Waals surface area contributed by atoms with Crippen LogP contribution in [0.2, 0.25) is 0 Å². The van der Waals surface area contributed by atoms with Gasteiger partial charge in [0, 0.05) is 5.69 Å². The summed E-state index contributed by atoms with van der Waals surface area (Å²) in [4.78, 5) is 12.1. The van der Waals surface area contributed by atoms with Gasteiger partial charge in [0.15, 0.2) is 0 Å². The number of carbonyl (C=O) groups excluding carboxylic acids is 1. The normalized spacial score (nSPS) is 10.5. The van der Waals surface area contributed by atoms with Crippen molar-refractivity contribution in [3.63, 3.8) is 0 Å². The molecule has 0 saturated heterocycles. The molecule has 0 fully saturated rings. The molecule has 0 radical (unpaired) electrons. The number of benzene rings is 2. The molecule has 0 heterocycles. The summed E-state index contributed by atoms with van der Waals surface area (Å²) >= 11 is 0. The molecule has 0 aliphatic rings. The number of para-hydroxylation sites is 2. The van der Waals surface area contributed by atoms with Crippen LogP contribution < -0.4 is 15.4 Å². The Labute approximate surface area is 137 Å². The van der Waals surface area contributed by atoms with Crippen LogP contribution in [0.4, 0.5) is 11.4 Å². The number of anilines is 2. The Morgan fingerprint density at radius 3 is 2.39 bits per heavy atom. The van der Waals surface area contributed by atoms with Crippen molar-refractivity contribution in [2.75, 3.05) is 17.2 Å². The minimum atomic E-state index is -0.0886. The van der Waals surface area contributed by atoms with Crippen LogP contribution in [0.25, 0.3) is 0 Å². The maximum absolute atomic E-state index is 12.1. The van der Waals surface area contributed by atoms with Gasteiger partial charge in [-0.3, -0.25) is 4.79 Å². The monoisotopic (exact) mass is 312 g/mol. The van der Waals surface area contributed by atoms with E-state index in [1.54, 1.807) is 0 Å². The Morgan fingerprint density at radius 2 is 1.74 bits per heavy atom. The van der Waals surface area contributed by atoms with E-state index in [4.69, 9.17) is 4.74 Å². The molecule has 0 atom stereocenters. The van der Waals surface area contributed by atoms with Gasteiger partial charge in [0.25, 0.3) is 0 Å². The molecule has 0 aromatic heterocycles. The van der Waals surface area contributed by atoms with E-state index in [-0.39, 0.29) is 18.6 Å². The van der Waals surface area contributed by atoms with Crippen LogP contribution in [-0.2, 0) is 4.79 Å². The van der Waals surface area contributed by atoms with Crippen LogP contribution in [-0.4, -0.2) is 18.6 Å². The van der Waals surface area contributed by atoms with Crippen molar-refractivity contribution in [2.45, 2.75) is 33.8 Å². The van der Waals surface area contributed by atoms with Crippen LogP contribution >= 0.6 is 0 Å². The second kappa shape index (κ2) is 7.68. The lowest BCUT2D eigenvalue weighted by Crippen LogP contribution is -2.22. The number of hydrogen-bond acceptors (Lipinski definition) is 3. The quantitative estimate of drug-likeness (QED) is 0.843. The maximum Gasteiger partial charge on any atom is 0.243 e. The number of hydrogen-bond donors (Lipinski definition) is 2. The highest BCUT2D eigenvalue weighted by Crippen LogP contribution is 2.24. The first-order valence-corrected chi connectivity index (χ1v) is 7.82. The molecular weight excluding hydrogens is 288 g/mol. The van der Waals surface area contributed by atoms with Gasteiger partial charge >= 0.3 is 0 Å². The fourth-order valence-electron chi connectivity index (χ4n) is 2.40. The minimum Gasteiger partial charge on any atom is -0.489 e. The molecule has 2 N–H and O–H groups in total. The third kappa shape index (κ3) is 5.33. The second-order valence-electron chi connectivity index (χ2n) is 5.94. The van der Waals surface area contributed by atoms with E-state index in [0.717, 1.165) is 28.3 Å². The maximum atomic E-state index is 12.1. The molecule has 23 heavy (non-hydrogen) atoms. The SMILES string of the molecule is Cc1cc(C)cc(NC(=O)CNc2ccccc2OC(C)C)c1. The van der Waals surface area contributed by atoms with Crippen molar-refractivity contribution < 1.29 is 9.53 Å². The predicted molar refractivity (Wildman–Crippen MR) is 95.2 cm³/mol. The lowest BCUT2D eigenvalue weighted by Gasteiger charge is -2.15. The first-order valence-electron chi connectivity index (χ1n) is 7.82. The summed E-state index contributed by atoms with van der Waals surface area (Å²) in [6, 6.07) is 13.6. The van der Waals surface area contributed by atoms with Crippen molar-refractivity contribution in [3.05, 3.63) is 53.6 Å². The van der Waals surface area contributed by atoms with E-state index in [0.29, 0.717) is 0 Å². The van der Waals surface area contributed by atoms with Crippen LogP contribution in [0.3, 0.4) is 0 Å². The molecular formula is C19H24N2O2. The molecule has 0 spiro atoms. The van der Waals surface area contributed by atoms with Crippen LogP contribution in [0.5, 0.6) is 5.75 Å². The van der Waals surface area contributed by atoms with E-state index in [1.807, 2.05) is 64.1 Å². The second-order valence-corrected chi connectivity index (χ2v) is 5.94. The van der Waals surface area contributed by atoms with Gasteiger partial charge in [-0.05, 0) is 63.1 Å². The number of aryl methyl sites for hydroxylation is 2. The molecule has 4 heteroatoms. The van der Waals surface area contributed by atoms with Crippen molar-refractivity contribution >= 4 is 17.3 Å². The molecule has 4 nitrogen and oxygen atoms in total. The van der Waals surface area contributed by atoms with Gasteiger partial charge in [-0.2, -0.15) is 0 Å². The van der Waals surface area contributed by atoms with Gasteiger partial charge in [-0.15, -0.1) is 0 Å². The molecule has 0 unspecified atom stereocenters. The molecule has 1 amide bonds. The summed E-state index contributed by atoms with van der Waals surface area (Å²) in [5, 5.41) is 6.04. The zero-order valence-corrected chi connectivity index (χ0v) is 14.1. The Balaban J connectivity index is 1.97. The highest BCUT2D eigenvalue weighted by molar-refractivity contribution is 5.94. The average molecular weight is 312 g/mol. The number of amides is 1. The van der Waals surface area contributed by atoms with Crippen molar-refractivity contribution in [1.82, 2.24) is 0 Å². The molecule has 0 aliphatic heterocycles. The van der Waals surface area contributed by atoms with E-state index in [1.165, 1.54) is 0 Å². The number of rotatable bonds is 6. The largest absolute Gasteiger partial charge is 0.489 e. The molecule has 2 aromatic rings. The van der Waals surface area contributed by atoms with E-state index in [9.17, 15) is 4.79 Å². The van der Waals surface area contributed by atoms with Gasteiger partial charge in [0.05, 0.1) is 18.3 Å². The van der Waals surface area contributed by atoms with Gasteiger partial charge in [-0.25, -0.2) is 0 Å². The summed E-state index contributed by atoms with van der Waals surface area (Å²) in [6.45, 7) is 8.17. The highest BCUT2D eigenvalue weighted by atomic mass is 16.5. The minimum absolute atomic E-state index is 0.0852. The molecule has 122 valence electrons. The molecule has 0 bridgehead atoms. The van der Waals surface area contributed by atoms with Crippen molar-refractivity contribution in [2.24, 2.45) is 0 Å². The smallest absolute Gasteiger partial charge is 0.243 e. The van der Waals surface area contributed by atoms with Gasteiger partial charge in [-0.1, -0.05) is 18.2 Å². The predicted octanol–water partition coefficient (Wildman–Crippen LogP) is 4.14. The molecule has 2 aromatic carbocycles. The average Bonchev–Trinajstić information content (AvgIpc) is 2.44. The van der Waals surface area contributed by atoms with Crippen LogP contribution in [0.1, 0.15) is 25.0 Å². The summed E-state index contributed by atoms with van der Waals surface area (Å²) in [6.07, 6.45) is 0.0852. The Kier molecular flexibility index (Phi) is 5.63. The van der Waals surface area contributed by atoms with E-state index < -0.39 is 0 Å². The van der Waals surface area contributed by atoms with Crippen molar-refractivity contribution in [1.29, 1.82) is 0 Å². The molecule has 0 saturated carbocycles. The first kappa shape index (κ1) is 16.9. The fraction of sp³-hybridized carbons (Fsp3) is 0.316. The fourth-order valence-corrected chi connectivity index (χ4v) is 2.40. The Morgan fingerprint density at radius 1 is 1.09 bits per heavy atom. The number of carbonyl (C=O) groups is 1. The highest BCUT2D eigenvalue weighted by Gasteiger charge is 2.07. The van der Waals surface area contributed by atoms with Gasteiger partial charge in [0.1, 0.15) is 5.75 Å². The summed E-state index contributed by atoms with van der Waals surface area (Å²) in [5.74, 6) is 0.663. The lowest BCUT2D eigenvalue weighted by atomic mass is 10.1. The van der Waals surface area contributed by atoms with Gasteiger partial charge < -0.3 is 15.4 Å². The zero-order chi connectivity index (χ0) is 16.8. The summed E-state index contributed by atoms with van der Waals surface area (Å²) in [5.41, 5.74) is 3.89. The third-order valence-electron chi connectivity index (χ3n) is 3.19. The topological polar surface area (TPSA) is 50.4 Å². The summed E-state index contributed by atoms with van der Waals surface area (Å²) in [7, 11) is 0. The van der Waals surface area contributed by atoms with E-state index in [2.05, 4.69) is 16.7 Å². The van der Waals surface area contributed by atoms with Crippen LogP contribution in [0, 0.1) is 13.8 Å². The third-order valence-corrected chi connectivity index (χ3v) is 3.19. The Hall–Kier alpha value is -2.49. The summed E-state index contributed by atoms with van der Waals surface area (Å²) < 4.78 is 5.73. The van der Waals surface area contributed by atoms with Gasteiger partial charge in [0.2, 0.25) is 5.91 Å². The number of ether oxygens (including phenoxy) is 1. The molecule has 0 aliphatic carbocycles. The Bertz CT molecular complexity index is 661. The molecule has 2 rings (SSSR count). The van der Waals surface area contributed by atoms with Crippen LogP contribution in [0.15, 0.2) is 42.5 Å².